The molecule has 1 fully saturated rings. The first kappa shape index (κ1) is 12.0. The average Bonchev–Trinajstić information content (AvgIpc) is 2.76. The second-order valence-corrected chi connectivity index (χ2v) is 4.90. The molecule has 3 nitrogen and oxygen atoms in total. The number of amides is 1. The van der Waals surface area contributed by atoms with Crippen molar-refractivity contribution < 1.29 is 9.90 Å². The molecule has 1 aliphatic rings. The first-order valence-electron chi connectivity index (χ1n) is 6.24. The number of phenols is 1. The maximum absolute atomic E-state index is 11.8. The summed E-state index contributed by atoms with van der Waals surface area (Å²) >= 11 is 0. The quantitative estimate of drug-likeness (QED) is 0.842. The second kappa shape index (κ2) is 5.21. The summed E-state index contributed by atoms with van der Waals surface area (Å²) in [5, 5.41) is 12.4. The number of phenolic OH excluding ortho intramolecular Hbond substituents is 1. The zero-order chi connectivity index (χ0) is 12.3. The van der Waals surface area contributed by atoms with Crippen molar-refractivity contribution in [3.63, 3.8) is 0 Å². The molecule has 0 unspecified atom stereocenters. The first-order chi connectivity index (χ1) is 8.15. The lowest BCUT2D eigenvalue weighted by atomic mass is 10.0. The molecule has 0 spiro atoms. The molecule has 0 aliphatic heterocycles. The minimum atomic E-state index is 0.0557. The number of hydrogen-bond donors (Lipinski definition) is 2. The summed E-state index contributed by atoms with van der Waals surface area (Å²) < 4.78 is 0. The highest BCUT2D eigenvalue weighted by Gasteiger charge is 2.18. The van der Waals surface area contributed by atoms with Crippen molar-refractivity contribution in [1.82, 2.24) is 0 Å². The number of rotatable bonds is 3. The fourth-order valence-electron chi connectivity index (χ4n) is 2.38. The molecule has 17 heavy (non-hydrogen) atoms. The Bertz CT molecular complexity index is 409. The van der Waals surface area contributed by atoms with Gasteiger partial charge in [0, 0.05) is 18.2 Å². The molecule has 0 aromatic heterocycles. The van der Waals surface area contributed by atoms with Gasteiger partial charge >= 0.3 is 0 Å². The predicted octanol–water partition coefficient (Wildman–Crippen LogP) is 3.22. The molecular formula is C14H19NO2. The Morgan fingerprint density at radius 1 is 1.41 bits per heavy atom. The van der Waals surface area contributed by atoms with Crippen LogP contribution in [0.4, 0.5) is 5.69 Å². The maximum atomic E-state index is 11.8. The van der Waals surface area contributed by atoms with E-state index in [9.17, 15) is 9.90 Å². The van der Waals surface area contributed by atoms with Crippen LogP contribution in [0, 0.1) is 12.8 Å². The van der Waals surface area contributed by atoms with Gasteiger partial charge in [-0.3, -0.25) is 4.79 Å². The van der Waals surface area contributed by atoms with Crippen molar-refractivity contribution in [2.24, 2.45) is 5.92 Å². The van der Waals surface area contributed by atoms with Gasteiger partial charge in [0.15, 0.2) is 0 Å². The lowest BCUT2D eigenvalue weighted by molar-refractivity contribution is -0.117. The molecular weight excluding hydrogens is 214 g/mol. The summed E-state index contributed by atoms with van der Waals surface area (Å²) in [7, 11) is 0. The molecule has 1 aromatic rings. The van der Waals surface area contributed by atoms with Gasteiger partial charge in [0.05, 0.1) is 0 Å². The number of aryl methyl sites for hydroxylation is 1. The fraction of sp³-hybridized carbons (Fsp3) is 0.500. The third-order valence-corrected chi connectivity index (χ3v) is 3.44. The van der Waals surface area contributed by atoms with Gasteiger partial charge in [0.1, 0.15) is 5.75 Å². The van der Waals surface area contributed by atoms with Gasteiger partial charge in [-0.15, -0.1) is 0 Å². The average molecular weight is 233 g/mol. The van der Waals surface area contributed by atoms with E-state index in [1.807, 2.05) is 13.0 Å². The van der Waals surface area contributed by atoms with E-state index in [0.29, 0.717) is 18.0 Å². The molecule has 0 heterocycles. The van der Waals surface area contributed by atoms with Crippen LogP contribution >= 0.6 is 0 Å². The summed E-state index contributed by atoms with van der Waals surface area (Å²) in [5.74, 6) is 0.831. The standard InChI is InChI=1S/C14H19NO2/c1-10-6-7-12(9-13(10)16)15-14(17)8-11-4-2-3-5-11/h6-7,9,11,16H,2-5,8H2,1H3,(H,15,17). The Morgan fingerprint density at radius 3 is 2.76 bits per heavy atom. The van der Waals surface area contributed by atoms with Crippen LogP contribution in [0.5, 0.6) is 5.75 Å². The number of benzene rings is 1. The molecule has 1 aliphatic carbocycles. The largest absolute Gasteiger partial charge is 0.508 e. The lowest BCUT2D eigenvalue weighted by Crippen LogP contribution is -2.15. The van der Waals surface area contributed by atoms with Crippen molar-refractivity contribution in [3.8, 4) is 5.75 Å². The van der Waals surface area contributed by atoms with Crippen molar-refractivity contribution in [1.29, 1.82) is 0 Å². The van der Waals surface area contributed by atoms with Gasteiger partial charge in [0.25, 0.3) is 0 Å². The van der Waals surface area contributed by atoms with Crippen LogP contribution in [0.15, 0.2) is 18.2 Å². The van der Waals surface area contributed by atoms with E-state index < -0.39 is 0 Å². The van der Waals surface area contributed by atoms with Crippen LogP contribution in [-0.4, -0.2) is 11.0 Å². The normalized spacial score (nSPS) is 16.1. The Balaban J connectivity index is 1.90. The fourth-order valence-corrected chi connectivity index (χ4v) is 2.38. The summed E-state index contributed by atoms with van der Waals surface area (Å²) in [4.78, 5) is 11.8. The number of carbonyl (C=O) groups excluding carboxylic acids is 1. The number of aromatic hydroxyl groups is 1. The number of anilines is 1. The second-order valence-electron chi connectivity index (χ2n) is 4.90. The third kappa shape index (κ3) is 3.22. The Kier molecular flexibility index (Phi) is 3.67. The number of hydrogen-bond acceptors (Lipinski definition) is 2. The van der Waals surface area contributed by atoms with E-state index in [4.69, 9.17) is 0 Å². The third-order valence-electron chi connectivity index (χ3n) is 3.44. The van der Waals surface area contributed by atoms with E-state index in [-0.39, 0.29) is 11.7 Å². The molecule has 0 bridgehead atoms. The van der Waals surface area contributed by atoms with Crippen LogP contribution < -0.4 is 5.32 Å². The van der Waals surface area contributed by atoms with E-state index >= 15 is 0 Å². The smallest absolute Gasteiger partial charge is 0.224 e. The molecule has 1 saturated carbocycles. The molecule has 0 radical (unpaired) electrons. The maximum Gasteiger partial charge on any atom is 0.224 e. The highest BCUT2D eigenvalue weighted by molar-refractivity contribution is 5.91. The van der Waals surface area contributed by atoms with Gasteiger partial charge < -0.3 is 10.4 Å². The van der Waals surface area contributed by atoms with Crippen LogP contribution in [0.1, 0.15) is 37.7 Å². The minimum absolute atomic E-state index is 0.0557. The molecule has 0 saturated heterocycles. The van der Waals surface area contributed by atoms with Crippen LogP contribution in [0.2, 0.25) is 0 Å². The van der Waals surface area contributed by atoms with Gasteiger partial charge in [0.2, 0.25) is 5.91 Å². The van der Waals surface area contributed by atoms with Crippen molar-refractivity contribution in [3.05, 3.63) is 23.8 Å². The van der Waals surface area contributed by atoms with Crippen molar-refractivity contribution >= 4 is 11.6 Å². The Labute approximate surface area is 102 Å². The molecule has 92 valence electrons. The van der Waals surface area contributed by atoms with Gasteiger partial charge in [-0.25, -0.2) is 0 Å². The molecule has 1 amide bonds. The van der Waals surface area contributed by atoms with Crippen LogP contribution in [-0.2, 0) is 4.79 Å². The summed E-state index contributed by atoms with van der Waals surface area (Å²) in [6.07, 6.45) is 5.46. The van der Waals surface area contributed by atoms with Crippen molar-refractivity contribution in [2.75, 3.05) is 5.32 Å². The molecule has 3 heteroatoms. The Morgan fingerprint density at radius 2 is 2.12 bits per heavy atom. The number of nitrogens with one attached hydrogen (secondary N) is 1. The zero-order valence-corrected chi connectivity index (χ0v) is 10.2. The predicted molar refractivity (Wildman–Crippen MR) is 68.0 cm³/mol. The van der Waals surface area contributed by atoms with Crippen LogP contribution in [0.3, 0.4) is 0 Å². The van der Waals surface area contributed by atoms with Gasteiger partial charge in [-0.1, -0.05) is 18.9 Å². The first-order valence-corrected chi connectivity index (χ1v) is 6.24. The SMILES string of the molecule is Cc1ccc(NC(=O)CC2CCCC2)cc1O. The summed E-state index contributed by atoms with van der Waals surface area (Å²) in [5.41, 5.74) is 1.50. The van der Waals surface area contributed by atoms with E-state index in [0.717, 1.165) is 5.56 Å². The van der Waals surface area contributed by atoms with E-state index in [2.05, 4.69) is 5.32 Å². The monoisotopic (exact) mass is 233 g/mol. The summed E-state index contributed by atoms with van der Waals surface area (Å²) in [6, 6.07) is 5.23. The number of carbonyl (C=O) groups is 1. The van der Waals surface area contributed by atoms with E-state index in [1.165, 1.54) is 25.7 Å². The van der Waals surface area contributed by atoms with Gasteiger partial charge in [-0.2, -0.15) is 0 Å². The lowest BCUT2D eigenvalue weighted by Gasteiger charge is -2.10. The zero-order valence-electron chi connectivity index (χ0n) is 10.2. The van der Waals surface area contributed by atoms with Crippen molar-refractivity contribution in [2.45, 2.75) is 39.0 Å². The van der Waals surface area contributed by atoms with Crippen LogP contribution in [0.25, 0.3) is 0 Å². The highest BCUT2D eigenvalue weighted by Crippen LogP contribution is 2.28. The minimum Gasteiger partial charge on any atom is -0.508 e. The highest BCUT2D eigenvalue weighted by atomic mass is 16.3. The van der Waals surface area contributed by atoms with Gasteiger partial charge in [-0.05, 0) is 37.3 Å². The van der Waals surface area contributed by atoms with E-state index in [1.54, 1.807) is 12.1 Å². The Hall–Kier alpha value is -1.51. The topological polar surface area (TPSA) is 49.3 Å². The molecule has 0 atom stereocenters. The summed E-state index contributed by atoms with van der Waals surface area (Å²) in [6.45, 7) is 1.83. The molecule has 2 N–H and O–H groups in total. The molecule has 2 rings (SSSR count). The molecule has 1 aromatic carbocycles.